The Kier molecular flexibility index (Phi) is 7.48. The molecule has 3 rings (SSSR count). The van der Waals surface area contributed by atoms with Gasteiger partial charge >= 0.3 is 5.97 Å². The minimum absolute atomic E-state index is 0.0309. The summed E-state index contributed by atoms with van der Waals surface area (Å²) in [6.07, 6.45) is 0.876. The van der Waals surface area contributed by atoms with Crippen molar-refractivity contribution >= 4 is 29.0 Å². The first-order valence-electron chi connectivity index (χ1n) is 9.94. The normalized spacial score (nSPS) is 20.7. The van der Waals surface area contributed by atoms with Crippen LogP contribution in [0.1, 0.15) is 19.8 Å². The number of methoxy groups -OCH3 is 1. The van der Waals surface area contributed by atoms with Crippen molar-refractivity contribution in [2.45, 2.75) is 19.8 Å². The molecule has 8 heteroatoms. The molecule has 1 amide bonds. The van der Waals surface area contributed by atoms with E-state index in [-0.39, 0.29) is 12.3 Å². The smallest absolute Gasteiger partial charge is 0.311 e. The first kappa shape index (κ1) is 21.1. The van der Waals surface area contributed by atoms with Crippen LogP contribution in [0.3, 0.4) is 0 Å². The molecule has 2 aliphatic rings. The summed E-state index contributed by atoms with van der Waals surface area (Å²) in [6, 6.07) is 9.19. The molecule has 1 aromatic rings. The van der Waals surface area contributed by atoms with E-state index < -0.39 is 11.9 Å². The molecule has 0 saturated carbocycles. The summed E-state index contributed by atoms with van der Waals surface area (Å²) in [5.74, 6) is -1.24. The van der Waals surface area contributed by atoms with Crippen LogP contribution in [0.4, 0.5) is 5.69 Å². The fourth-order valence-corrected chi connectivity index (χ4v) is 3.50. The average Bonchev–Trinajstić information content (AvgIpc) is 3.08. The van der Waals surface area contributed by atoms with Crippen LogP contribution in [0.15, 0.2) is 40.4 Å². The number of hydrogen-bond acceptors (Lipinski definition) is 7. The second-order valence-electron chi connectivity index (χ2n) is 7.09. The van der Waals surface area contributed by atoms with Gasteiger partial charge in [0.1, 0.15) is 5.92 Å². The van der Waals surface area contributed by atoms with E-state index in [1.54, 1.807) is 0 Å². The zero-order valence-electron chi connectivity index (χ0n) is 17.0. The molecule has 156 valence electrons. The number of rotatable bonds is 8. The second kappa shape index (κ2) is 10.3. The Labute approximate surface area is 171 Å². The van der Waals surface area contributed by atoms with Gasteiger partial charge in [0.25, 0.3) is 5.91 Å². The Morgan fingerprint density at radius 1 is 1.28 bits per heavy atom. The summed E-state index contributed by atoms with van der Waals surface area (Å²) in [5.41, 5.74) is 1.82. The number of aliphatic imine (C=N–C) groups is 1. The van der Waals surface area contributed by atoms with Gasteiger partial charge in [-0.3, -0.25) is 19.5 Å². The summed E-state index contributed by atoms with van der Waals surface area (Å²) < 4.78 is 10.1. The molecule has 0 bridgehead atoms. The Morgan fingerprint density at radius 3 is 2.69 bits per heavy atom. The van der Waals surface area contributed by atoms with Crippen LogP contribution in [-0.2, 0) is 19.1 Å². The summed E-state index contributed by atoms with van der Waals surface area (Å²) in [7, 11) is 1.33. The van der Waals surface area contributed by atoms with Crippen molar-refractivity contribution in [2.24, 2.45) is 16.0 Å². The zero-order valence-corrected chi connectivity index (χ0v) is 17.0. The maximum absolute atomic E-state index is 13.1. The number of para-hydroxylation sites is 1. The number of carbonyl (C=O) groups is 2. The van der Waals surface area contributed by atoms with Gasteiger partial charge in [-0.1, -0.05) is 18.2 Å². The molecule has 29 heavy (non-hydrogen) atoms. The number of amides is 1. The van der Waals surface area contributed by atoms with Crippen LogP contribution >= 0.6 is 0 Å². The first-order chi connectivity index (χ1) is 14.1. The monoisotopic (exact) mass is 400 g/mol. The standard InChI is InChI=1S/C21H28N4O4/c1-16(22-9-6-10-24-11-13-29-14-12-24)20-18(15-19(26)28-2)23-25(21(20)27)17-7-4-3-5-8-17/h3-5,7-8,20H,6,9-15H2,1-2H3. The number of hydrazone groups is 1. The third kappa shape index (κ3) is 5.48. The predicted octanol–water partition coefficient (Wildman–Crippen LogP) is 1.75. The molecule has 2 aliphatic heterocycles. The van der Waals surface area contributed by atoms with Gasteiger partial charge in [0.05, 0.1) is 38.1 Å². The van der Waals surface area contributed by atoms with Crippen molar-refractivity contribution in [1.29, 1.82) is 0 Å². The van der Waals surface area contributed by atoms with Crippen molar-refractivity contribution in [2.75, 3.05) is 51.5 Å². The van der Waals surface area contributed by atoms with Gasteiger partial charge in [-0.25, -0.2) is 0 Å². The van der Waals surface area contributed by atoms with E-state index >= 15 is 0 Å². The summed E-state index contributed by atoms with van der Waals surface area (Å²) in [4.78, 5) is 31.9. The second-order valence-corrected chi connectivity index (χ2v) is 7.09. The number of hydrogen-bond donors (Lipinski definition) is 0. The number of nitrogens with zero attached hydrogens (tertiary/aromatic N) is 4. The lowest BCUT2D eigenvalue weighted by Crippen LogP contribution is -2.37. The van der Waals surface area contributed by atoms with E-state index in [1.807, 2.05) is 37.3 Å². The molecule has 0 aliphatic carbocycles. The van der Waals surface area contributed by atoms with Crippen molar-refractivity contribution in [3.63, 3.8) is 0 Å². The molecule has 1 unspecified atom stereocenters. The molecule has 0 N–H and O–H groups in total. The van der Waals surface area contributed by atoms with E-state index in [0.717, 1.165) is 39.3 Å². The number of anilines is 1. The average molecular weight is 400 g/mol. The maximum Gasteiger partial charge on any atom is 0.311 e. The van der Waals surface area contributed by atoms with Gasteiger partial charge in [-0.15, -0.1) is 0 Å². The van der Waals surface area contributed by atoms with Crippen molar-refractivity contribution in [1.82, 2.24) is 4.90 Å². The Bertz CT molecular complexity index is 772. The van der Waals surface area contributed by atoms with Crippen molar-refractivity contribution in [3.8, 4) is 0 Å². The zero-order chi connectivity index (χ0) is 20.6. The van der Waals surface area contributed by atoms with Gasteiger partial charge in [0, 0.05) is 31.9 Å². The lowest BCUT2D eigenvalue weighted by Gasteiger charge is -2.26. The van der Waals surface area contributed by atoms with Crippen LogP contribution < -0.4 is 5.01 Å². The van der Waals surface area contributed by atoms with E-state index in [1.165, 1.54) is 12.1 Å². The Balaban J connectivity index is 1.67. The van der Waals surface area contributed by atoms with Gasteiger partial charge in [-0.2, -0.15) is 10.1 Å². The van der Waals surface area contributed by atoms with Crippen LogP contribution in [0.5, 0.6) is 0 Å². The highest BCUT2D eigenvalue weighted by Gasteiger charge is 2.39. The van der Waals surface area contributed by atoms with Crippen LogP contribution in [0, 0.1) is 5.92 Å². The summed E-state index contributed by atoms with van der Waals surface area (Å²) in [5, 5.41) is 5.78. The molecule has 0 spiro atoms. The lowest BCUT2D eigenvalue weighted by molar-refractivity contribution is -0.139. The number of ether oxygens (including phenoxy) is 2. The van der Waals surface area contributed by atoms with Gasteiger partial charge in [-0.05, 0) is 25.5 Å². The first-order valence-corrected chi connectivity index (χ1v) is 9.94. The number of benzene rings is 1. The molecule has 2 heterocycles. The van der Waals surface area contributed by atoms with Crippen LogP contribution in [0.2, 0.25) is 0 Å². The van der Waals surface area contributed by atoms with Crippen molar-refractivity contribution < 1.29 is 19.1 Å². The predicted molar refractivity (Wildman–Crippen MR) is 111 cm³/mol. The SMILES string of the molecule is COC(=O)CC1=NN(c2ccccc2)C(=O)C1C(C)=NCCCN1CCOCC1. The van der Waals surface area contributed by atoms with Crippen LogP contribution in [0.25, 0.3) is 0 Å². The van der Waals surface area contributed by atoms with Crippen molar-refractivity contribution in [3.05, 3.63) is 30.3 Å². The summed E-state index contributed by atoms with van der Waals surface area (Å²) in [6.45, 7) is 6.88. The Morgan fingerprint density at radius 2 is 2.00 bits per heavy atom. The fourth-order valence-electron chi connectivity index (χ4n) is 3.50. The Hall–Kier alpha value is -2.58. The highest BCUT2D eigenvalue weighted by molar-refractivity contribution is 6.30. The largest absolute Gasteiger partial charge is 0.469 e. The molecule has 0 aromatic heterocycles. The highest BCUT2D eigenvalue weighted by Crippen LogP contribution is 2.26. The topological polar surface area (TPSA) is 83.8 Å². The summed E-state index contributed by atoms with van der Waals surface area (Å²) >= 11 is 0. The van der Waals surface area contributed by atoms with E-state index in [0.29, 0.717) is 23.7 Å². The van der Waals surface area contributed by atoms with E-state index in [4.69, 9.17) is 9.47 Å². The third-order valence-electron chi connectivity index (χ3n) is 5.09. The molecule has 1 saturated heterocycles. The molecule has 8 nitrogen and oxygen atoms in total. The quantitative estimate of drug-likeness (QED) is 0.377. The van der Waals surface area contributed by atoms with Gasteiger partial charge in [0.15, 0.2) is 0 Å². The maximum atomic E-state index is 13.1. The molecular weight excluding hydrogens is 372 g/mol. The fraction of sp³-hybridized carbons (Fsp3) is 0.524. The number of esters is 1. The molecule has 0 radical (unpaired) electrons. The van der Waals surface area contributed by atoms with Crippen LogP contribution in [-0.4, -0.2) is 74.7 Å². The minimum atomic E-state index is -0.627. The van der Waals surface area contributed by atoms with Gasteiger partial charge < -0.3 is 9.47 Å². The number of carbonyl (C=O) groups excluding carboxylic acids is 2. The van der Waals surface area contributed by atoms with E-state index in [9.17, 15) is 9.59 Å². The number of morpholine rings is 1. The highest BCUT2D eigenvalue weighted by atomic mass is 16.5. The van der Waals surface area contributed by atoms with E-state index in [2.05, 4.69) is 15.0 Å². The minimum Gasteiger partial charge on any atom is -0.469 e. The molecule has 1 aromatic carbocycles. The third-order valence-corrected chi connectivity index (χ3v) is 5.09. The molecular formula is C21H28N4O4. The van der Waals surface area contributed by atoms with Gasteiger partial charge in [0.2, 0.25) is 0 Å². The lowest BCUT2D eigenvalue weighted by atomic mass is 9.96. The molecule has 1 atom stereocenters. The molecule has 1 fully saturated rings.